The van der Waals surface area contributed by atoms with E-state index < -0.39 is 0 Å². The number of carbonyl (C=O) groups excluding carboxylic acids is 1. The topological polar surface area (TPSA) is 46.5 Å². The molecule has 76 valence electrons. The molecule has 0 aromatic carbocycles. The van der Waals surface area contributed by atoms with Crippen molar-refractivity contribution in [2.75, 3.05) is 0 Å². The Kier molecular flexibility index (Phi) is 3.31. The molecule has 0 spiro atoms. The molecule has 0 bridgehead atoms. The van der Waals surface area contributed by atoms with Gasteiger partial charge in [-0.05, 0) is 5.92 Å². The molecule has 0 aromatic heterocycles. The zero-order valence-corrected chi connectivity index (χ0v) is 8.49. The van der Waals surface area contributed by atoms with Gasteiger partial charge >= 0.3 is 5.97 Å². The molecule has 0 saturated carbocycles. The molecule has 3 nitrogen and oxygen atoms in total. The molecule has 1 N–H and O–H groups in total. The van der Waals surface area contributed by atoms with Gasteiger partial charge < -0.3 is 9.84 Å². The van der Waals surface area contributed by atoms with Crippen molar-refractivity contribution in [1.29, 1.82) is 0 Å². The molecule has 1 rings (SSSR count). The first-order valence-corrected chi connectivity index (χ1v) is 4.88. The molecule has 1 heterocycles. The van der Waals surface area contributed by atoms with Crippen LogP contribution in [-0.2, 0) is 9.53 Å². The van der Waals surface area contributed by atoms with E-state index in [0.717, 1.165) is 0 Å². The number of ether oxygens (including phenoxy) is 1. The van der Waals surface area contributed by atoms with Crippen LogP contribution < -0.4 is 0 Å². The summed E-state index contributed by atoms with van der Waals surface area (Å²) in [5.74, 6) is 0.348. The van der Waals surface area contributed by atoms with Crippen molar-refractivity contribution in [3.63, 3.8) is 0 Å². The third kappa shape index (κ3) is 2.69. The first kappa shape index (κ1) is 10.5. The van der Waals surface area contributed by atoms with Gasteiger partial charge in [0.1, 0.15) is 6.10 Å². The summed E-state index contributed by atoms with van der Waals surface area (Å²) in [7, 11) is 0. The number of carbonyl (C=O) groups is 1. The second-order valence-corrected chi connectivity index (χ2v) is 4.26. The Morgan fingerprint density at radius 3 is 2.62 bits per heavy atom. The molecule has 0 aromatic rings. The number of cyclic esters (lactones) is 1. The zero-order chi connectivity index (χ0) is 10.0. The standard InChI is InChI=1S/C10H18O3/c1-6(2)8(11)5-9-7(3)4-10(12)13-9/h6-9,11H,4-5H2,1-3H3/t7-,8?,9-/m0/s1. The lowest BCUT2D eigenvalue weighted by atomic mass is 9.94. The summed E-state index contributed by atoms with van der Waals surface area (Å²) in [6, 6.07) is 0. The third-order valence-corrected chi connectivity index (χ3v) is 2.65. The summed E-state index contributed by atoms with van der Waals surface area (Å²) in [5.41, 5.74) is 0. The van der Waals surface area contributed by atoms with Crippen LogP contribution in [-0.4, -0.2) is 23.3 Å². The Hall–Kier alpha value is -0.570. The fraction of sp³-hybridized carbons (Fsp3) is 0.900. The molecular formula is C10H18O3. The highest BCUT2D eigenvalue weighted by Gasteiger charge is 2.33. The van der Waals surface area contributed by atoms with E-state index >= 15 is 0 Å². The van der Waals surface area contributed by atoms with Crippen LogP contribution in [0.4, 0.5) is 0 Å². The molecule has 1 aliphatic rings. The summed E-state index contributed by atoms with van der Waals surface area (Å²) in [4.78, 5) is 10.9. The number of rotatable bonds is 3. The average Bonchev–Trinajstić information content (AvgIpc) is 2.30. The van der Waals surface area contributed by atoms with Gasteiger partial charge in [0.05, 0.1) is 12.5 Å². The fourth-order valence-corrected chi connectivity index (χ4v) is 1.52. The zero-order valence-electron chi connectivity index (χ0n) is 8.49. The van der Waals surface area contributed by atoms with Crippen molar-refractivity contribution >= 4 is 5.97 Å². The molecule has 0 aliphatic carbocycles. The highest BCUT2D eigenvalue weighted by Crippen LogP contribution is 2.26. The minimum atomic E-state index is -0.363. The predicted octanol–water partition coefficient (Wildman–Crippen LogP) is 1.34. The lowest BCUT2D eigenvalue weighted by Gasteiger charge is -2.20. The summed E-state index contributed by atoms with van der Waals surface area (Å²) >= 11 is 0. The van der Waals surface area contributed by atoms with Crippen molar-refractivity contribution in [2.24, 2.45) is 11.8 Å². The average molecular weight is 186 g/mol. The monoisotopic (exact) mass is 186 g/mol. The van der Waals surface area contributed by atoms with E-state index in [4.69, 9.17) is 4.74 Å². The largest absolute Gasteiger partial charge is 0.462 e. The molecule has 3 heteroatoms. The Labute approximate surface area is 79.1 Å². The van der Waals surface area contributed by atoms with Gasteiger partial charge in [0, 0.05) is 12.3 Å². The van der Waals surface area contributed by atoms with Crippen LogP contribution >= 0.6 is 0 Å². The maximum absolute atomic E-state index is 10.9. The second kappa shape index (κ2) is 4.09. The van der Waals surface area contributed by atoms with Gasteiger partial charge in [-0.2, -0.15) is 0 Å². The smallest absolute Gasteiger partial charge is 0.306 e. The molecule has 0 amide bonds. The van der Waals surface area contributed by atoms with Gasteiger partial charge in [0.15, 0.2) is 0 Å². The first-order valence-electron chi connectivity index (χ1n) is 4.88. The van der Waals surface area contributed by atoms with Crippen LogP contribution in [0.15, 0.2) is 0 Å². The Bertz CT molecular complexity index is 189. The predicted molar refractivity (Wildman–Crippen MR) is 49.1 cm³/mol. The van der Waals surface area contributed by atoms with Crippen LogP contribution in [0, 0.1) is 11.8 Å². The van der Waals surface area contributed by atoms with Crippen LogP contribution in [0.25, 0.3) is 0 Å². The van der Waals surface area contributed by atoms with Crippen LogP contribution in [0.1, 0.15) is 33.6 Å². The number of aliphatic hydroxyl groups is 1. The molecule has 13 heavy (non-hydrogen) atoms. The van der Waals surface area contributed by atoms with Gasteiger partial charge in [0.2, 0.25) is 0 Å². The van der Waals surface area contributed by atoms with Crippen LogP contribution in [0.2, 0.25) is 0 Å². The summed E-state index contributed by atoms with van der Waals surface area (Å²) in [6.07, 6.45) is 0.628. The fourth-order valence-electron chi connectivity index (χ4n) is 1.52. The van der Waals surface area contributed by atoms with Crippen molar-refractivity contribution < 1.29 is 14.6 Å². The SMILES string of the molecule is CC(C)C(O)C[C@@H]1OC(=O)C[C@@H]1C. The Balaban J connectivity index is 2.41. The summed E-state index contributed by atoms with van der Waals surface area (Å²) < 4.78 is 5.10. The van der Waals surface area contributed by atoms with Crippen molar-refractivity contribution in [3.8, 4) is 0 Å². The van der Waals surface area contributed by atoms with Gasteiger partial charge in [-0.3, -0.25) is 4.79 Å². The van der Waals surface area contributed by atoms with E-state index in [1.165, 1.54) is 0 Å². The van der Waals surface area contributed by atoms with Crippen molar-refractivity contribution in [3.05, 3.63) is 0 Å². The quantitative estimate of drug-likeness (QED) is 0.677. The normalized spacial score (nSPS) is 30.7. The second-order valence-electron chi connectivity index (χ2n) is 4.26. The minimum absolute atomic E-state index is 0.0788. The van der Waals surface area contributed by atoms with Gasteiger partial charge in [-0.25, -0.2) is 0 Å². The highest BCUT2D eigenvalue weighted by molar-refractivity contribution is 5.71. The number of hydrogen-bond acceptors (Lipinski definition) is 3. The lowest BCUT2D eigenvalue weighted by molar-refractivity contribution is -0.142. The highest BCUT2D eigenvalue weighted by atomic mass is 16.6. The molecule has 1 fully saturated rings. The summed E-state index contributed by atoms with van der Waals surface area (Å²) in [5, 5.41) is 9.60. The van der Waals surface area contributed by atoms with Crippen LogP contribution in [0.5, 0.6) is 0 Å². The van der Waals surface area contributed by atoms with E-state index in [-0.39, 0.29) is 30.0 Å². The lowest BCUT2D eigenvalue weighted by Crippen LogP contribution is -2.25. The maximum atomic E-state index is 10.9. The van der Waals surface area contributed by atoms with Gasteiger partial charge in [-0.15, -0.1) is 0 Å². The number of aliphatic hydroxyl groups excluding tert-OH is 1. The Morgan fingerprint density at radius 1 is 1.62 bits per heavy atom. The molecule has 1 unspecified atom stereocenters. The van der Waals surface area contributed by atoms with Gasteiger partial charge in [0.25, 0.3) is 0 Å². The van der Waals surface area contributed by atoms with Crippen molar-refractivity contribution in [2.45, 2.75) is 45.8 Å². The maximum Gasteiger partial charge on any atom is 0.306 e. The van der Waals surface area contributed by atoms with Gasteiger partial charge in [-0.1, -0.05) is 20.8 Å². The molecular weight excluding hydrogens is 168 g/mol. The number of esters is 1. The first-order chi connectivity index (χ1) is 6.00. The van der Waals surface area contributed by atoms with Crippen LogP contribution in [0.3, 0.4) is 0 Å². The van der Waals surface area contributed by atoms with E-state index in [1.807, 2.05) is 20.8 Å². The molecule has 3 atom stereocenters. The van der Waals surface area contributed by atoms with E-state index in [0.29, 0.717) is 12.8 Å². The molecule has 1 saturated heterocycles. The molecule has 1 aliphatic heterocycles. The minimum Gasteiger partial charge on any atom is -0.462 e. The van der Waals surface area contributed by atoms with E-state index in [9.17, 15) is 9.90 Å². The summed E-state index contributed by atoms with van der Waals surface area (Å²) in [6.45, 7) is 5.92. The van der Waals surface area contributed by atoms with E-state index in [2.05, 4.69) is 0 Å². The van der Waals surface area contributed by atoms with Crippen molar-refractivity contribution in [1.82, 2.24) is 0 Å². The molecule has 0 radical (unpaired) electrons. The third-order valence-electron chi connectivity index (χ3n) is 2.65. The van der Waals surface area contributed by atoms with E-state index in [1.54, 1.807) is 0 Å². The number of hydrogen-bond donors (Lipinski definition) is 1. The Morgan fingerprint density at radius 2 is 2.23 bits per heavy atom.